The van der Waals surface area contributed by atoms with Crippen LogP contribution < -0.4 is 5.32 Å². The van der Waals surface area contributed by atoms with Crippen LogP contribution in [0.1, 0.15) is 39.2 Å². The van der Waals surface area contributed by atoms with E-state index in [1.165, 1.54) is 5.56 Å². The lowest BCUT2D eigenvalue weighted by atomic mass is 10.0. The van der Waals surface area contributed by atoms with Gasteiger partial charge >= 0.3 is 0 Å². The Morgan fingerprint density at radius 2 is 1.53 bits per heavy atom. The van der Waals surface area contributed by atoms with Crippen LogP contribution in [0.3, 0.4) is 0 Å². The second-order valence-corrected chi connectivity index (χ2v) is 4.45. The summed E-state index contributed by atoms with van der Waals surface area (Å²) in [6.45, 7) is 8.13. The molecule has 0 bridgehead atoms. The van der Waals surface area contributed by atoms with E-state index in [2.05, 4.69) is 43.4 Å². The summed E-state index contributed by atoms with van der Waals surface area (Å²) in [5, 5.41) is 12.6. The van der Waals surface area contributed by atoms with Crippen LogP contribution >= 0.6 is 0 Å². The molecule has 0 radical (unpaired) electrons. The van der Waals surface area contributed by atoms with E-state index in [-0.39, 0.29) is 12.1 Å². The summed E-state index contributed by atoms with van der Waals surface area (Å²) >= 11 is 0. The van der Waals surface area contributed by atoms with Gasteiger partial charge < -0.3 is 10.4 Å². The van der Waals surface area contributed by atoms with E-state index in [9.17, 15) is 5.11 Å². The maximum absolute atomic E-state index is 9.36. The fraction of sp³-hybridized carbons (Fsp3) is 0.538. The second-order valence-electron chi connectivity index (χ2n) is 4.45. The first-order valence-electron chi connectivity index (χ1n) is 5.55. The molecule has 0 fully saturated rings. The van der Waals surface area contributed by atoms with Crippen molar-refractivity contribution in [1.82, 2.24) is 0 Å². The Morgan fingerprint density at radius 3 is 1.93 bits per heavy atom. The first-order valence-corrected chi connectivity index (χ1v) is 5.55. The Kier molecular flexibility index (Phi) is 4.15. The highest BCUT2D eigenvalue weighted by Crippen LogP contribution is 2.17. The van der Waals surface area contributed by atoms with Crippen molar-refractivity contribution >= 4 is 5.69 Å². The first-order chi connectivity index (χ1) is 7.00. The molecule has 0 heterocycles. The van der Waals surface area contributed by atoms with Gasteiger partial charge in [-0.1, -0.05) is 26.0 Å². The molecule has 2 heteroatoms. The molecule has 2 atom stereocenters. The number of aliphatic hydroxyl groups is 1. The predicted molar refractivity (Wildman–Crippen MR) is 65.3 cm³/mol. The summed E-state index contributed by atoms with van der Waals surface area (Å²) in [5.41, 5.74) is 2.40. The first kappa shape index (κ1) is 12.1. The van der Waals surface area contributed by atoms with Crippen LogP contribution in [-0.4, -0.2) is 17.3 Å². The molecular formula is C13H21NO. The van der Waals surface area contributed by atoms with Gasteiger partial charge in [0, 0.05) is 11.7 Å². The molecule has 0 saturated heterocycles. The summed E-state index contributed by atoms with van der Waals surface area (Å²) in [4.78, 5) is 0. The molecule has 0 aromatic heterocycles. The van der Waals surface area contributed by atoms with E-state index in [0.29, 0.717) is 5.92 Å². The Bertz CT molecular complexity index is 290. The molecule has 2 unspecified atom stereocenters. The van der Waals surface area contributed by atoms with E-state index >= 15 is 0 Å². The highest BCUT2D eigenvalue weighted by atomic mass is 16.3. The van der Waals surface area contributed by atoms with Gasteiger partial charge in [-0.2, -0.15) is 0 Å². The minimum Gasteiger partial charge on any atom is -0.391 e. The molecule has 84 valence electrons. The van der Waals surface area contributed by atoms with E-state index in [4.69, 9.17) is 0 Å². The maximum Gasteiger partial charge on any atom is 0.0710 e. The molecule has 1 aromatic rings. The van der Waals surface area contributed by atoms with Gasteiger partial charge in [-0.25, -0.2) is 0 Å². The van der Waals surface area contributed by atoms with E-state index in [0.717, 1.165) is 5.69 Å². The Hall–Kier alpha value is -1.02. The Labute approximate surface area is 92.3 Å². The highest BCUT2D eigenvalue weighted by molar-refractivity contribution is 5.45. The largest absolute Gasteiger partial charge is 0.391 e. The van der Waals surface area contributed by atoms with Crippen molar-refractivity contribution in [3.63, 3.8) is 0 Å². The van der Waals surface area contributed by atoms with Crippen LogP contribution in [-0.2, 0) is 0 Å². The van der Waals surface area contributed by atoms with E-state index in [1.807, 2.05) is 6.92 Å². The number of hydrogen-bond donors (Lipinski definition) is 2. The zero-order valence-electron chi connectivity index (χ0n) is 9.99. The van der Waals surface area contributed by atoms with Crippen molar-refractivity contribution in [2.45, 2.75) is 45.8 Å². The molecule has 0 aliphatic carbocycles. The summed E-state index contributed by atoms with van der Waals surface area (Å²) in [6.07, 6.45) is -0.338. The number of anilines is 1. The molecule has 0 spiro atoms. The summed E-state index contributed by atoms with van der Waals surface area (Å²) < 4.78 is 0. The van der Waals surface area contributed by atoms with Crippen molar-refractivity contribution in [2.24, 2.45) is 0 Å². The number of hydrogen-bond acceptors (Lipinski definition) is 2. The van der Waals surface area contributed by atoms with Crippen LogP contribution in [0.2, 0.25) is 0 Å². The zero-order valence-corrected chi connectivity index (χ0v) is 9.99. The van der Waals surface area contributed by atoms with Gasteiger partial charge in [-0.3, -0.25) is 0 Å². The molecule has 0 aliphatic rings. The van der Waals surface area contributed by atoms with Crippen LogP contribution in [0.25, 0.3) is 0 Å². The number of rotatable bonds is 4. The van der Waals surface area contributed by atoms with Crippen molar-refractivity contribution in [2.75, 3.05) is 5.32 Å². The lowest BCUT2D eigenvalue weighted by Crippen LogP contribution is -2.27. The van der Waals surface area contributed by atoms with E-state index in [1.54, 1.807) is 6.92 Å². The quantitative estimate of drug-likeness (QED) is 0.795. The van der Waals surface area contributed by atoms with Gasteiger partial charge in [0.25, 0.3) is 0 Å². The molecule has 1 aromatic carbocycles. The Morgan fingerprint density at radius 1 is 1.00 bits per heavy atom. The SMILES string of the molecule is CC(C)c1ccc(NC(C)C(C)O)cc1. The third-order valence-electron chi connectivity index (χ3n) is 2.70. The molecule has 2 nitrogen and oxygen atoms in total. The van der Waals surface area contributed by atoms with E-state index < -0.39 is 0 Å². The van der Waals surface area contributed by atoms with Gasteiger partial charge in [-0.15, -0.1) is 0 Å². The summed E-state index contributed by atoms with van der Waals surface area (Å²) in [6, 6.07) is 8.46. The minimum atomic E-state index is -0.338. The van der Waals surface area contributed by atoms with Gasteiger partial charge in [0.2, 0.25) is 0 Å². The van der Waals surface area contributed by atoms with Crippen molar-refractivity contribution in [1.29, 1.82) is 0 Å². The van der Waals surface area contributed by atoms with Crippen LogP contribution in [0.4, 0.5) is 5.69 Å². The predicted octanol–water partition coefficient (Wildman–Crippen LogP) is 2.99. The molecule has 1 rings (SSSR count). The second kappa shape index (κ2) is 5.17. The summed E-state index contributed by atoms with van der Waals surface area (Å²) in [7, 11) is 0. The van der Waals surface area contributed by atoms with Gasteiger partial charge in [0.1, 0.15) is 0 Å². The minimum absolute atomic E-state index is 0.0786. The average Bonchev–Trinajstić information content (AvgIpc) is 2.18. The molecule has 0 aliphatic heterocycles. The lowest BCUT2D eigenvalue weighted by Gasteiger charge is -2.18. The summed E-state index contributed by atoms with van der Waals surface area (Å²) in [5.74, 6) is 0.563. The maximum atomic E-state index is 9.36. The average molecular weight is 207 g/mol. The molecular weight excluding hydrogens is 186 g/mol. The molecule has 2 N–H and O–H groups in total. The van der Waals surface area contributed by atoms with Crippen molar-refractivity contribution < 1.29 is 5.11 Å². The number of nitrogens with one attached hydrogen (secondary N) is 1. The third kappa shape index (κ3) is 3.56. The van der Waals surface area contributed by atoms with Gasteiger partial charge in [0.05, 0.1) is 6.10 Å². The number of aliphatic hydroxyl groups excluding tert-OH is 1. The fourth-order valence-corrected chi connectivity index (χ4v) is 1.35. The number of benzene rings is 1. The highest BCUT2D eigenvalue weighted by Gasteiger charge is 2.07. The normalized spacial score (nSPS) is 15.1. The zero-order chi connectivity index (χ0) is 11.4. The van der Waals surface area contributed by atoms with Crippen molar-refractivity contribution in [3.05, 3.63) is 29.8 Å². The fourth-order valence-electron chi connectivity index (χ4n) is 1.35. The molecule has 15 heavy (non-hydrogen) atoms. The lowest BCUT2D eigenvalue weighted by molar-refractivity contribution is 0.178. The topological polar surface area (TPSA) is 32.3 Å². The standard InChI is InChI=1S/C13H21NO/c1-9(2)12-5-7-13(8-6-12)14-10(3)11(4)15/h5-11,14-15H,1-4H3. The van der Waals surface area contributed by atoms with Gasteiger partial charge in [0.15, 0.2) is 0 Å². The molecule has 0 amide bonds. The van der Waals surface area contributed by atoms with Crippen LogP contribution in [0.15, 0.2) is 24.3 Å². The van der Waals surface area contributed by atoms with Crippen LogP contribution in [0.5, 0.6) is 0 Å². The van der Waals surface area contributed by atoms with Gasteiger partial charge in [-0.05, 0) is 37.5 Å². The monoisotopic (exact) mass is 207 g/mol. The third-order valence-corrected chi connectivity index (χ3v) is 2.70. The molecule has 0 saturated carbocycles. The Balaban J connectivity index is 2.64. The van der Waals surface area contributed by atoms with Crippen LogP contribution in [0, 0.1) is 0 Å². The van der Waals surface area contributed by atoms with Crippen molar-refractivity contribution in [3.8, 4) is 0 Å². The smallest absolute Gasteiger partial charge is 0.0710 e.